The fraction of sp³-hybridized carbons (Fsp3) is 0.900. The Labute approximate surface area is 256 Å². The molecule has 3 aliphatic carbocycles. The molecular weight excluding hydrogens is 627 g/mol. The molecule has 45 heavy (non-hydrogen) atoms. The van der Waals surface area contributed by atoms with Crippen LogP contribution in [0.4, 0.5) is 39.5 Å². The zero-order valence-electron chi connectivity index (χ0n) is 25.8. The maximum atomic E-state index is 13.8. The van der Waals surface area contributed by atoms with Crippen molar-refractivity contribution in [3.05, 3.63) is 12.2 Å². The van der Waals surface area contributed by atoms with Crippen LogP contribution in [-0.4, -0.2) is 75.4 Å². The molecule has 0 aromatic carbocycles. The molecule has 3 saturated carbocycles. The summed E-state index contributed by atoms with van der Waals surface area (Å²) in [5.74, 6) is -2.25. The van der Waals surface area contributed by atoms with Gasteiger partial charge in [0.2, 0.25) is 0 Å². The SMILES string of the molecule is C=C(C)C(=O)OC1CC(C2(OC(C)C(C)(O)C(F)(F)F)CCCC2)CC(C2(OC(C)C(O)(C(F)(F)F)C(F)(F)F)CCCC2)C1. The van der Waals surface area contributed by atoms with E-state index in [0.717, 1.165) is 6.92 Å². The normalized spacial score (nSPS) is 28.7. The summed E-state index contributed by atoms with van der Waals surface area (Å²) in [5, 5.41) is 20.4. The van der Waals surface area contributed by atoms with Gasteiger partial charge in [-0.2, -0.15) is 39.5 Å². The summed E-state index contributed by atoms with van der Waals surface area (Å²) in [7, 11) is 0. The summed E-state index contributed by atoms with van der Waals surface area (Å²) in [5.41, 5.74) is -11.2. The van der Waals surface area contributed by atoms with Crippen LogP contribution in [0.5, 0.6) is 0 Å². The lowest BCUT2D eigenvalue weighted by molar-refractivity contribution is -0.401. The molecule has 3 rings (SSSR count). The van der Waals surface area contributed by atoms with Crippen molar-refractivity contribution in [2.24, 2.45) is 11.8 Å². The van der Waals surface area contributed by atoms with Crippen molar-refractivity contribution in [1.29, 1.82) is 0 Å². The van der Waals surface area contributed by atoms with Gasteiger partial charge < -0.3 is 24.4 Å². The van der Waals surface area contributed by atoms with Crippen molar-refractivity contribution in [3.63, 3.8) is 0 Å². The molecule has 0 radical (unpaired) electrons. The summed E-state index contributed by atoms with van der Waals surface area (Å²) in [4.78, 5) is 12.6. The van der Waals surface area contributed by atoms with Crippen molar-refractivity contribution in [2.45, 2.75) is 158 Å². The van der Waals surface area contributed by atoms with Gasteiger partial charge in [-0.3, -0.25) is 0 Å². The third-order valence-corrected chi connectivity index (χ3v) is 10.3. The monoisotopic (exact) mass is 670 g/mol. The Morgan fingerprint density at radius 1 is 0.733 bits per heavy atom. The number of carbonyl (C=O) groups excluding carboxylic acids is 1. The minimum Gasteiger partial charge on any atom is -0.459 e. The molecule has 0 aliphatic heterocycles. The van der Waals surface area contributed by atoms with Crippen molar-refractivity contribution in [3.8, 4) is 0 Å². The van der Waals surface area contributed by atoms with Crippen LogP contribution < -0.4 is 0 Å². The van der Waals surface area contributed by atoms with Gasteiger partial charge in [0, 0.05) is 5.57 Å². The average molecular weight is 671 g/mol. The summed E-state index contributed by atoms with van der Waals surface area (Å²) in [6.45, 7) is 7.13. The lowest BCUT2D eigenvalue weighted by Crippen LogP contribution is -2.66. The number of esters is 1. The van der Waals surface area contributed by atoms with Gasteiger partial charge in [0.25, 0.3) is 5.60 Å². The van der Waals surface area contributed by atoms with Crippen LogP contribution in [0.15, 0.2) is 12.2 Å². The van der Waals surface area contributed by atoms with Crippen LogP contribution in [0.2, 0.25) is 0 Å². The van der Waals surface area contributed by atoms with Gasteiger partial charge in [-0.15, -0.1) is 0 Å². The number of carbonyl (C=O) groups is 1. The Hall–Kier alpha value is -1.58. The zero-order valence-corrected chi connectivity index (χ0v) is 25.8. The second-order valence-electron chi connectivity index (χ2n) is 13.4. The molecule has 0 amide bonds. The number of ether oxygens (including phenoxy) is 3. The number of hydrogen-bond donors (Lipinski definition) is 2. The number of aliphatic hydroxyl groups is 2. The molecule has 6 unspecified atom stereocenters. The molecule has 0 bridgehead atoms. The molecule has 3 aliphatic rings. The fourth-order valence-corrected chi connectivity index (χ4v) is 7.42. The molecule has 0 heterocycles. The van der Waals surface area contributed by atoms with Crippen molar-refractivity contribution in [1.82, 2.24) is 0 Å². The molecule has 3 fully saturated rings. The zero-order chi connectivity index (χ0) is 34.4. The molecule has 6 atom stereocenters. The van der Waals surface area contributed by atoms with Crippen LogP contribution in [0.3, 0.4) is 0 Å². The first-order valence-electron chi connectivity index (χ1n) is 15.2. The van der Waals surface area contributed by atoms with Gasteiger partial charge in [0.15, 0.2) is 5.60 Å². The van der Waals surface area contributed by atoms with Gasteiger partial charge in [-0.05, 0) is 84.5 Å². The molecule has 6 nitrogen and oxygen atoms in total. The van der Waals surface area contributed by atoms with E-state index in [2.05, 4.69) is 6.58 Å². The molecule has 262 valence electrons. The largest absolute Gasteiger partial charge is 0.459 e. The van der Waals surface area contributed by atoms with Crippen molar-refractivity contribution >= 4 is 5.97 Å². The Kier molecular flexibility index (Phi) is 10.8. The summed E-state index contributed by atoms with van der Waals surface area (Å²) >= 11 is 0. The van der Waals surface area contributed by atoms with Crippen molar-refractivity contribution < 1.29 is 68.7 Å². The van der Waals surface area contributed by atoms with E-state index in [1.807, 2.05) is 0 Å². The lowest BCUT2D eigenvalue weighted by Gasteiger charge is -2.51. The average Bonchev–Trinajstić information content (AvgIpc) is 3.57. The van der Waals surface area contributed by atoms with Crippen LogP contribution >= 0.6 is 0 Å². The van der Waals surface area contributed by atoms with E-state index in [1.165, 1.54) is 6.92 Å². The van der Waals surface area contributed by atoms with E-state index in [1.54, 1.807) is 0 Å². The standard InChI is InChI=1S/C30H43F9O6/c1-17(2)23(40)43-22-15-20(25(10-6-7-11-25)44-18(3)24(5,41)28(31,32)33)14-21(16-22)26(12-8-9-13-26)45-19(4)27(42,29(34,35)36)30(37,38)39/h18-22,41-42H,1,6-16H2,2-5H3. The number of halogens is 9. The van der Waals surface area contributed by atoms with Crippen molar-refractivity contribution in [2.75, 3.05) is 0 Å². The Bertz CT molecular complexity index is 1040. The lowest BCUT2D eigenvalue weighted by atomic mass is 9.65. The molecule has 15 heteroatoms. The highest BCUT2D eigenvalue weighted by molar-refractivity contribution is 5.87. The van der Waals surface area contributed by atoms with E-state index in [-0.39, 0.29) is 50.5 Å². The molecule has 0 aromatic heterocycles. The van der Waals surface area contributed by atoms with E-state index in [0.29, 0.717) is 39.5 Å². The maximum Gasteiger partial charge on any atom is 0.428 e. The highest BCUT2D eigenvalue weighted by Crippen LogP contribution is 2.56. The highest BCUT2D eigenvalue weighted by Gasteiger charge is 2.74. The van der Waals surface area contributed by atoms with Crippen LogP contribution in [0.1, 0.15) is 98.3 Å². The molecular formula is C30H43F9O6. The molecule has 0 saturated heterocycles. The van der Waals surface area contributed by atoms with E-state index in [4.69, 9.17) is 14.2 Å². The van der Waals surface area contributed by atoms with E-state index in [9.17, 15) is 54.5 Å². The summed E-state index contributed by atoms with van der Waals surface area (Å²) in [6, 6.07) is 0. The Morgan fingerprint density at radius 3 is 1.44 bits per heavy atom. The van der Waals surface area contributed by atoms with Gasteiger partial charge in [0.1, 0.15) is 12.2 Å². The third-order valence-electron chi connectivity index (χ3n) is 10.3. The maximum absolute atomic E-state index is 13.8. The molecule has 2 N–H and O–H groups in total. The number of hydrogen-bond acceptors (Lipinski definition) is 6. The predicted octanol–water partition coefficient (Wildman–Crippen LogP) is 7.50. The van der Waals surface area contributed by atoms with Gasteiger partial charge in [-0.1, -0.05) is 32.3 Å². The van der Waals surface area contributed by atoms with Crippen LogP contribution in [-0.2, 0) is 19.0 Å². The van der Waals surface area contributed by atoms with Gasteiger partial charge >= 0.3 is 24.5 Å². The number of alkyl halides is 9. The van der Waals surface area contributed by atoms with Gasteiger partial charge in [-0.25, -0.2) is 4.79 Å². The van der Waals surface area contributed by atoms with Crippen LogP contribution in [0, 0.1) is 11.8 Å². The predicted molar refractivity (Wildman–Crippen MR) is 143 cm³/mol. The fourth-order valence-electron chi connectivity index (χ4n) is 7.42. The summed E-state index contributed by atoms with van der Waals surface area (Å²) < 4.78 is 141. The number of rotatable bonds is 10. The quantitative estimate of drug-likeness (QED) is 0.142. The second kappa shape index (κ2) is 12.8. The van der Waals surface area contributed by atoms with E-state index >= 15 is 0 Å². The second-order valence-corrected chi connectivity index (χ2v) is 13.4. The topological polar surface area (TPSA) is 85.2 Å². The Balaban J connectivity index is 2.04. The summed E-state index contributed by atoms with van der Waals surface area (Å²) in [6.07, 6.45) is -20.0. The third kappa shape index (κ3) is 7.30. The minimum absolute atomic E-state index is 0.00932. The first-order chi connectivity index (χ1) is 20.3. The molecule has 0 aromatic rings. The minimum atomic E-state index is -6.12. The molecule has 0 spiro atoms. The Morgan fingerprint density at radius 2 is 1.11 bits per heavy atom. The highest BCUT2D eigenvalue weighted by atomic mass is 19.4. The van der Waals surface area contributed by atoms with Crippen LogP contribution in [0.25, 0.3) is 0 Å². The first-order valence-corrected chi connectivity index (χ1v) is 15.2. The van der Waals surface area contributed by atoms with Gasteiger partial charge in [0.05, 0.1) is 17.3 Å². The first kappa shape index (κ1) is 37.9. The smallest absolute Gasteiger partial charge is 0.428 e. The van der Waals surface area contributed by atoms with E-state index < -0.39 is 77.1 Å².